The maximum absolute atomic E-state index is 11.8. The maximum Gasteiger partial charge on any atom is 0.268 e. The monoisotopic (exact) mass is 224 g/mol. The van der Waals surface area contributed by atoms with Crippen LogP contribution in [-0.4, -0.2) is 16.5 Å². The van der Waals surface area contributed by atoms with Crippen molar-refractivity contribution < 1.29 is 4.79 Å². The van der Waals surface area contributed by atoms with Crippen LogP contribution in [0.2, 0.25) is 0 Å². The first-order valence-corrected chi connectivity index (χ1v) is 4.90. The van der Waals surface area contributed by atoms with Crippen molar-refractivity contribution in [2.75, 3.05) is 0 Å². The average Bonchev–Trinajstić information content (AvgIpc) is 2.30. The molecular weight excluding hydrogens is 204 g/mol. The van der Waals surface area contributed by atoms with Crippen molar-refractivity contribution in [1.82, 2.24) is 5.01 Å². The first-order chi connectivity index (χ1) is 7.43. The van der Waals surface area contributed by atoms with Gasteiger partial charge >= 0.3 is 0 Å². The van der Waals surface area contributed by atoms with E-state index < -0.39 is 0 Å². The summed E-state index contributed by atoms with van der Waals surface area (Å²) >= 11 is 0. The Balaban J connectivity index is 0.00000106. The van der Waals surface area contributed by atoms with Crippen LogP contribution in [0.15, 0.2) is 30.3 Å². The summed E-state index contributed by atoms with van der Waals surface area (Å²) in [5.74, 6) is 13.6. The second kappa shape index (κ2) is 6.22. The molecule has 6 N–H and O–H groups in total. The molecule has 90 valence electrons. The number of carbonyl (C=O) groups is 1. The van der Waals surface area contributed by atoms with E-state index in [1.54, 1.807) is 12.1 Å². The van der Waals surface area contributed by atoms with Gasteiger partial charge in [-0.15, -0.1) is 0 Å². The third kappa shape index (κ3) is 3.98. The molecule has 5 nitrogen and oxygen atoms in total. The van der Waals surface area contributed by atoms with E-state index in [2.05, 4.69) is 11.7 Å². The first-order valence-electron chi connectivity index (χ1n) is 4.90. The average molecular weight is 224 g/mol. The Morgan fingerprint density at radius 1 is 1.12 bits per heavy atom. The van der Waals surface area contributed by atoms with Crippen LogP contribution in [0.25, 0.3) is 0 Å². The second-order valence-corrected chi connectivity index (χ2v) is 4.21. The lowest BCUT2D eigenvalue weighted by atomic mass is 10.1. The van der Waals surface area contributed by atoms with E-state index in [1.807, 2.05) is 39.0 Å². The topological polar surface area (TPSA) is 98.4 Å². The molecule has 16 heavy (non-hydrogen) atoms. The number of amides is 1. The SMILES string of the molecule is CC(C)(C)N(N)C(=O)c1ccccc1.NN. The highest BCUT2D eigenvalue weighted by Crippen LogP contribution is 2.12. The maximum atomic E-state index is 11.8. The van der Waals surface area contributed by atoms with E-state index in [-0.39, 0.29) is 11.4 Å². The minimum atomic E-state index is -0.354. The second-order valence-electron chi connectivity index (χ2n) is 4.21. The van der Waals surface area contributed by atoms with Gasteiger partial charge in [0.05, 0.1) is 5.54 Å². The lowest BCUT2D eigenvalue weighted by Gasteiger charge is -2.31. The van der Waals surface area contributed by atoms with E-state index in [4.69, 9.17) is 5.84 Å². The summed E-state index contributed by atoms with van der Waals surface area (Å²) < 4.78 is 0. The summed E-state index contributed by atoms with van der Waals surface area (Å²) in [5, 5.41) is 1.25. The Bertz CT molecular complexity index is 319. The molecule has 1 amide bonds. The zero-order valence-corrected chi connectivity index (χ0v) is 9.97. The number of benzene rings is 1. The van der Waals surface area contributed by atoms with Gasteiger partial charge in [0, 0.05) is 5.56 Å². The Kier molecular flexibility index (Phi) is 5.66. The standard InChI is InChI=1S/C11H16N2O.H4N2/c1-11(2,3)13(12)10(14)9-7-5-4-6-8-9;1-2/h4-8H,12H2,1-3H3;1-2H2. The van der Waals surface area contributed by atoms with Crippen LogP contribution in [0.5, 0.6) is 0 Å². The van der Waals surface area contributed by atoms with Crippen LogP contribution in [-0.2, 0) is 0 Å². The predicted octanol–water partition coefficient (Wildman–Crippen LogP) is 0.620. The van der Waals surface area contributed by atoms with Gasteiger partial charge in [-0.05, 0) is 32.9 Å². The number of nitrogens with two attached hydrogens (primary N) is 3. The van der Waals surface area contributed by atoms with Crippen LogP contribution < -0.4 is 17.5 Å². The van der Waals surface area contributed by atoms with Gasteiger partial charge in [-0.1, -0.05) is 18.2 Å². The molecule has 0 aliphatic heterocycles. The number of carbonyl (C=O) groups excluding carboxylic acids is 1. The van der Waals surface area contributed by atoms with Crippen molar-refractivity contribution in [1.29, 1.82) is 0 Å². The summed E-state index contributed by atoms with van der Waals surface area (Å²) in [7, 11) is 0. The summed E-state index contributed by atoms with van der Waals surface area (Å²) in [4.78, 5) is 11.8. The number of hydrogen-bond donors (Lipinski definition) is 3. The highest BCUT2D eigenvalue weighted by Gasteiger charge is 2.23. The van der Waals surface area contributed by atoms with E-state index in [9.17, 15) is 4.79 Å². The molecule has 0 atom stereocenters. The number of rotatable bonds is 1. The molecule has 0 unspecified atom stereocenters. The van der Waals surface area contributed by atoms with Crippen LogP contribution in [0.1, 0.15) is 31.1 Å². The van der Waals surface area contributed by atoms with Crippen LogP contribution in [0.4, 0.5) is 0 Å². The van der Waals surface area contributed by atoms with Gasteiger partial charge in [-0.2, -0.15) is 0 Å². The largest absolute Gasteiger partial charge is 0.274 e. The summed E-state index contributed by atoms with van der Waals surface area (Å²) in [6.07, 6.45) is 0. The highest BCUT2D eigenvalue weighted by molar-refractivity contribution is 5.94. The zero-order valence-electron chi connectivity index (χ0n) is 9.97. The molecule has 0 aromatic heterocycles. The Morgan fingerprint density at radius 2 is 1.56 bits per heavy atom. The third-order valence-electron chi connectivity index (χ3n) is 1.96. The lowest BCUT2D eigenvalue weighted by Crippen LogP contribution is -2.50. The molecule has 0 bridgehead atoms. The van der Waals surface area contributed by atoms with E-state index in [0.29, 0.717) is 5.56 Å². The molecule has 0 spiro atoms. The third-order valence-corrected chi connectivity index (χ3v) is 1.96. The van der Waals surface area contributed by atoms with Gasteiger partial charge in [-0.3, -0.25) is 21.5 Å². The molecule has 0 heterocycles. The summed E-state index contributed by atoms with van der Waals surface area (Å²) in [5.41, 5.74) is 0.261. The van der Waals surface area contributed by atoms with Gasteiger partial charge in [0.2, 0.25) is 0 Å². The van der Waals surface area contributed by atoms with Crippen molar-refractivity contribution in [2.45, 2.75) is 26.3 Å². The zero-order chi connectivity index (χ0) is 12.8. The quantitative estimate of drug-likeness (QED) is 0.370. The van der Waals surface area contributed by atoms with E-state index in [1.165, 1.54) is 5.01 Å². The molecule has 0 aliphatic rings. The molecule has 1 rings (SSSR count). The molecular formula is C11H20N4O. The van der Waals surface area contributed by atoms with Crippen molar-refractivity contribution in [2.24, 2.45) is 17.5 Å². The van der Waals surface area contributed by atoms with Crippen molar-refractivity contribution in [3.63, 3.8) is 0 Å². The van der Waals surface area contributed by atoms with Gasteiger partial charge in [0.1, 0.15) is 0 Å². The van der Waals surface area contributed by atoms with Gasteiger partial charge in [0.25, 0.3) is 5.91 Å². The molecule has 0 radical (unpaired) electrons. The van der Waals surface area contributed by atoms with Crippen LogP contribution in [0.3, 0.4) is 0 Å². The molecule has 5 heteroatoms. The molecule has 1 aromatic rings. The Morgan fingerprint density at radius 3 is 1.94 bits per heavy atom. The fraction of sp³-hybridized carbons (Fsp3) is 0.364. The van der Waals surface area contributed by atoms with Crippen LogP contribution in [0, 0.1) is 0 Å². The Labute approximate surface area is 96.1 Å². The minimum absolute atomic E-state index is 0.155. The predicted molar refractivity (Wildman–Crippen MR) is 64.9 cm³/mol. The van der Waals surface area contributed by atoms with Gasteiger partial charge < -0.3 is 0 Å². The molecule has 0 saturated carbocycles. The molecule has 0 fully saturated rings. The van der Waals surface area contributed by atoms with Crippen molar-refractivity contribution >= 4 is 5.91 Å². The molecule has 0 saturated heterocycles. The highest BCUT2D eigenvalue weighted by atomic mass is 16.2. The van der Waals surface area contributed by atoms with Crippen molar-refractivity contribution in [3.8, 4) is 0 Å². The van der Waals surface area contributed by atoms with E-state index in [0.717, 1.165) is 0 Å². The summed E-state index contributed by atoms with van der Waals surface area (Å²) in [6, 6.07) is 9.03. The minimum Gasteiger partial charge on any atom is -0.274 e. The fourth-order valence-electron chi connectivity index (χ4n) is 1.02. The lowest BCUT2D eigenvalue weighted by molar-refractivity contribution is 0.0582. The normalized spacial score (nSPS) is 10.1. The van der Waals surface area contributed by atoms with E-state index >= 15 is 0 Å². The van der Waals surface area contributed by atoms with Crippen molar-refractivity contribution in [3.05, 3.63) is 35.9 Å². The van der Waals surface area contributed by atoms with Crippen LogP contribution >= 0.6 is 0 Å². The summed E-state index contributed by atoms with van der Waals surface area (Å²) in [6.45, 7) is 5.69. The number of hydrogen-bond acceptors (Lipinski definition) is 4. The van der Waals surface area contributed by atoms with Gasteiger partial charge in [0.15, 0.2) is 0 Å². The molecule has 1 aromatic carbocycles. The fourth-order valence-corrected chi connectivity index (χ4v) is 1.02. The first kappa shape index (κ1) is 14.6. The smallest absolute Gasteiger partial charge is 0.268 e. The van der Waals surface area contributed by atoms with Gasteiger partial charge in [-0.25, -0.2) is 5.84 Å². The number of nitrogens with zero attached hydrogens (tertiary/aromatic N) is 1. The Hall–Kier alpha value is -1.43. The number of hydrazine groups is 2. The molecule has 0 aliphatic carbocycles.